The average molecular weight is 528 g/mol. The van der Waals surface area contributed by atoms with Crippen molar-refractivity contribution in [2.24, 2.45) is 0 Å². The first-order valence-electron chi connectivity index (χ1n) is 12.4. The number of ketones is 1. The monoisotopic (exact) mass is 527 g/mol. The molecule has 4 aromatic rings. The molecule has 8 heteroatoms. The number of rotatable bonds is 12. The second-order valence-corrected chi connectivity index (χ2v) is 9.55. The summed E-state index contributed by atoms with van der Waals surface area (Å²) in [5.41, 5.74) is 1.18. The highest BCUT2D eigenvalue weighted by molar-refractivity contribution is 6.08. The summed E-state index contributed by atoms with van der Waals surface area (Å²) in [6.07, 6.45) is 0.886. The van der Waals surface area contributed by atoms with E-state index < -0.39 is 23.3 Å². The maximum Gasteiger partial charge on any atom is 0.335 e. The number of H-pyrrole nitrogens is 1. The summed E-state index contributed by atoms with van der Waals surface area (Å²) in [7, 11) is 0. The molecule has 8 nitrogen and oxygen atoms in total. The average Bonchev–Trinajstić information content (AvgIpc) is 3.43. The first-order valence-corrected chi connectivity index (χ1v) is 12.4. The molecule has 1 aromatic heterocycles. The normalized spacial score (nSPS) is 12.9. The molecule has 0 saturated carbocycles. The molecule has 0 radical (unpaired) electrons. The van der Waals surface area contributed by atoms with Crippen LogP contribution in [-0.4, -0.2) is 38.5 Å². The van der Waals surface area contributed by atoms with Gasteiger partial charge in [-0.25, -0.2) is 4.79 Å². The molecule has 0 aliphatic rings. The number of carbonyl (C=O) groups is 3. The van der Waals surface area contributed by atoms with E-state index in [0.717, 1.165) is 11.1 Å². The summed E-state index contributed by atoms with van der Waals surface area (Å²) >= 11 is 0. The van der Waals surface area contributed by atoms with Gasteiger partial charge in [-0.05, 0) is 43.2 Å². The van der Waals surface area contributed by atoms with Gasteiger partial charge in [0.2, 0.25) is 11.6 Å². The molecule has 0 bridgehead atoms. The van der Waals surface area contributed by atoms with Crippen LogP contribution in [0.1, 0.15) is 48.3 Å². The Morgan fingerprint density at radius 1 is 0.821 bits per heavy atom. The fourth-order valence-electron chi connectivity index (χ4n) is 4.14. The molecule has 1 atom stereocenters. The zero-order valence-electron chi connectivity index (χ0n) is 21.6. The zero-order chi connectivity index (χ0) is 28.0. The lowest BCUT2D eigenvalue weighted by Crippen LogP contribution is -2.47. The third kappa shape index (κ3) is 6.42. The number of hydrogen-bond acceptors (Lipinski definition) is 5. The molecule has 3 aromatic carbocycles. The van der Waals surface area contributed by atoms with Crippen LogP contribution in [0.2, 0.25) is 0 Å². The SMILES string of the molecule is CC(C)(OC(CCC(=O)O)(Oc1ccccc1)c1c[nH]c(C(=O)c2ccc(-c3ccccc3)cc2)c1)C(=O)O. The van der Waals surface area contributed by atoms with Gasteiger partial charge < -0.3 is 24.7 Å². The molecule has 4 rings (SSSR count). The fraction of sp³-hybridized carbons (Fsp3) is 0.194. The molecule has 0 fully saturated rings. The van der Waals surface area contributed by atoms with Crippen LogP contribution >= 0.6 is 0 Å². The molecular weight excluding hydrogens is 498 g/mol. The van der Waals surface area contributed by atoms with Crippen LogP contribution < -0.4 is 4.74 Å². The zero-order valence-corrected chi connectivity index (χ0v) is 21.6. The van der Waals surface area contributed by atoms with Crippen LogP contribution in [0, 0.1) is 0 Å². The molecule has 0 aliphatic heterocycles. The minimum absolute atomic E-state index is 0.213. The number of ether oxygens (including phenoxy) is 2. The Labute approximate surface area is 225 Å². The van der Waals surface area contributed by atoms with Gasteiger partial charge in [0.05, 0.1) is 12.1 Å². The molecule has 1 heterocycles. The smallest absolute Gasteiger partial charge is 0.335 e. The maximum atomic E-state index is 13.4. The molecule has 0 spiro atoms. The summed E-state index contributed by atoms with van der Waals surface area (Å²) in [6, 6.07) is 27.0. The van der Waals surface area contributed by atoms with E-state index in [4.69, 9.17) is 9.47 Å². The lowest BCUT2D eigenvalue weighted by molar-refractivity contribution is -0.255. The van der Waals surface area contributed by atoms with Gasteiger partial charge >= 0.3 is 11.9 Å². The molecule has 0 saturated heterocycles. The summed E-state index contributed by atoms with van der Waals surface area (Å²) in [5.74, 6) is -4.16. The number of aromatic amines is 1. The van der Waals surface area contributed by atoms with Crippen LogP contribution in [0.25, 0.3) is 11.1 Å². The third-order valence-electron chi connectivity index (χ3n) is 6.25. The number of para-hydroxylation sites is 1. The minimum Gasteiger partial charge on any atom is -0.481 e. The van der Waals surface area contributed by atoms with Crippen molar-refractivity contribution < 1.29 is 34.1 Å². The number of aromatic nitrogens is 1. The van der Waals surface area contributed by atoms with Crippen molar-refractivity contribution in [3.8, 4) is 16.9 Å². The van der Waals surface area contributed by atoms with Crippen LogP contribution in [0.4, 0.5) is 0 Å². The molecule has 0 aliphatic carbocycles. The number of carboxylic acid groups (broad SMARTS) is 2. The van der Waals surface area contributed by atoms with E-state index >= 15 is 0 Å². The van der Waals surface area contributed by atoms with E-state index in [1.807, 2.05) is 42.5 Å². The highest BCUT2D eigenvalue weighted by Gasteiger charge is 2.45. The van der Waals surface area contributed by atoms with Gasteiger partial charge in [0.1, 0.15) is 5.75 Å². The Morgan fingerprint density at radius 3 is 2.00 bits per heavy atom. The Morgan fingerprint density at radius 2 is 1.41 bits per heavy atom. The molecule has 1 unspecified atom stereocenters. The highest BCUT2D eigenvalue weighted by atomic mass is 16.7. The van der Waals surface area contributed by atoms with E-state index in [2.05, 4.69) is 4.98 Å². The van der Waals surface area contributed by atoms with Crippen molar-refractivity contribution in [3.63, 3.8) is 0 Å². The Bertz CT molecular complexity index is 1440. The van der Waals surface area contributed by atoms with Crippen LogP contribution in [0.5, 0.6) is 5.75 Å². The summed E-state index contributed by atoms with van der Waals surface area (Å²) in [4.78, 5) is 39.8. The van der Waals surface area contributed by atoms with Gasteiger partial charge in [0.25, 0.3) is 0 Å². The summed E-state index contributed by atoms with van der Waals surface area (Å²) in [5, 5.41) is 19.2. The van der Waals surface area contributed by atoms with Gasteiger partial charge in [-0.2, -0.15) is 0 Å². The van der Waals surface area contributed by atoms with Crippen molar-refractivity contribution in [1.82, 2.24) is 4.98 Å². The first kappa shape index (κ1) is 27.3. The second-order valence-electron chi connectivity index (χ2n) is 9.55. The predicted molar refractivity (Wildman–Crippen MR) is 145 cm³/mol. The number of carboxylic acids is 2. The number of hydrogen-bond donors (Lipinski definition) is 3. The van der Waals surface area contributed by atoms with Crippen molar-refractivity contribution in [3.05, 3.63) is 114 Å². The van der Waals surface area contributed by atoms with E-state index in [9.17, 15) is 24.6 Å². The number of nitrogens with one attached hydrogen (secondary N) is 1. The standard InChI is InChI=1S/C31H29NO7/c1-30(2,29(36)37)39-31(18-17-27(33)34,38-25-11-7-4-8-12-25)24-19-26(32-20-24)28(35)23-15-13-22(14-16-23)21-9-5-3-6-10-21/h3-16,19-20,32H,17-18H2,1-2H3,(H,33,34)(H,36,37). The fourth-order valence-corrected chi connectivity index (χ4v) is 4.14. The van der Waals surface area contributed by atoms with Gasteiger partial charge in [-0.3, -0.25) is 9.59 Å². The number of aliphatic carboxylic acids is 2. The second kappa shape index (κ2) is 11.4. The van der Waals surface area contributed by atoms with Crippen molar-refractivity contribution in [1.29, 1.82) is 0 Å². The molecule has 200 valence electrons. The van der Waals surface area contributed by atoms with Gasteiger partial charge in [-0.15, -0.1) is 0 Å². The Balaban J connectivity index is 1.71. The lowest BCUT2D eigenvalue weighted by Gasteiger charge is -2.38. The molecule has 39 heavy (non-hydrogen) atoms. The van der Waals surface area contributed by atoms with E-state index in [0.29, 0.717) is 11.3 Å². The van der Waals surface area contributed by atoms with E-state index in [1.165, 1.54) is 26.1 Å². The Kier molecular flexibility index (Phi) is 7.97. The summed E-state index contributed by atoms with van der Waals surface area (Å²) < 4.78 is 12.3. The minimum atomic E-state index is -1.83. The van der Waals surface area contributed by atoms with Gasteiger partial charge in [-0.1, -0.05) is 72.8 Å². The molecule has 0 amide bonds. The number of carbonyl (C=O) groups excluding carboxylic acids is 1. The van der Waals surface area contributed by atoms with Crippen molar-refractivity contribution in [2.75, 3.05) is 0 Å². The van der Waals surface area contributed by atoms with Crippen LogP contribution in [0.3, 0.4) is 0 Å². The number of benzene rings is 3. The van der Waals surface area contributed by atoms with E-state index in [-0.39, 0.29) is 29.9 Å². The first-order chi connectivity index (χ1) is 18.6. The van der Waals surface area contributed by atoms with Crippen LogP contribution in [-0.2, 0) is 20.1 Å². The third-order valence-corrected chi connectivity index (χ3v) is 6.25. The molecular formula is C31H29NO7. The largest absolute Gasteiger partial charge is 0.481 e. The van der Waals surface area contributed by atoms with Gasteiger partial charge in [0, 0.05) is 23.7 Å². The topological polar surface area (TPSA) is 126 Å². The van der Waals surface area contributed by atoms with E-state index in [1.54, 1.807) is 42.5 Å². The van der Waals surface area contributed by atoms with Gasteiger partial charge in [0.15, 0.2) is 5.60 Å². The maximum absolute atomic E-state index is 13.4. The van der Waals surface area contributed by atoms with Crippen LogP contribution in [0.15, 0.2) is 97.2 Å². The molecule has 3 N–H and O–H groups in total. The van der Waals surface area contributed by atoms with Crippen molar-refractivity contribution in [2.45, 2.75) is 38.1 Å². The summed E-state index contributed by atoms with van der Waals surface area (Å²) in [6.45, 7) is 2.71. The quantitative estimate of drug-likeness (QED) is 0.155. The highest BCUT2D eigenvalue weighted by Crippen LogP contribution is 2.38. The Hall–Kier alpha value is -4.69. The predicted octanol–water partition coefficient (Wildman–Crippen LogP) is 5.89. The van der Waals surface area contributed by atoms with Crippen molar-refractivity contribution >= 4 is 17.7 Å². The lowest BCUT2D eigenvalue weighted by atomic mass is 9.98.